The van der Waals surface area contributed by atoms with Crippen molar-refractivity contribution in [3.8, 4) is 0 Å². The number of rotatable bonds is 3. The number of nitrogens with one attached hydrogen (secondary N) is 1. The van der Waals surface area contributed by atoms with Gasteiger partial charge in [-0.1, -0.05) is 6.92 Å². The molecule has 4 heteroatoms. The van der Waals surface area contributed by atoms with Gasteiger partial charge in [-0.15, -0.1) is 0 Å². The topological polar surface area (TPSA) is 42.2 Å². The van der Waals surface area contributed by atoms with Gasteiger partial charge in [0.15, 0.2) is 5.76 Å². The fraction of sp³-hybridized carbons (Fsp3) is 0.500. The van der Waals surface area contributed by atoms with Crippen molar-refractivity contribution in [2.45, 2.75) is 6.92 Å². The third-order valence-electron chi connectivity index (χ3n) is 2.77. The first-order chi connectivity index (χ1) is 6.70. The number of ketones is 1. The fourth-order valence-electron chi connectivity index (χ4n) is 1.55. The van der Waals surface area contributed by atoms with E-state index in [1.807, 2.05) is 6.92 Å². The van der Waals surface area contributed by atoms with E-state index in [1.54, 1.807) is 6.07 Å². The summed E-state index contributed by atoms with van der Waals surface area (Å²) in [5, 5.41) is 3.16. The van der Waals surface area contributed by atoms with E-state index < -0.39 is 0 Å². The van der Waals surface area contributed by atoms with Crippen LogP contribution in [0.2, 0.25) is 0 Å². The smallest absolute Gasteiger partial charge is 0.202 e. The Morgan fingerprint density at radius 3 is 2.86 bits per heavy atom. The number of hydrogen-bond acceptors (Lipinski definition) is 3. The van der Waals surface area contributed by atoms with E-state index in [2.05, 4.69) is 21.2 Å². The van der Waals surface area contributed by atoms with Crippen LogP contribution in [0.1, 0.15) is 17.5 Å². The molecule has 0 amide bonds. The van der Waals surface area contributed by atoms with Crippen LogP contribution < -0.4 is 5.32 Å². The minimum atomic E-state index is 0.0405. The predicted octanol–water partition coefficient (Wildman–Crippen LogP) is 2.08. The summed E-state index contributed by atoms with van der Waals surface area (Å²) in [6.45, 7) is 3.83. The minimum Gasteiger partial charge on any atom is -0.460 e. The molecule has 1 atom stereocenters. The normalized spacial score (nSPS) is 19.0. The predicted molar refractivity (Wildman–Crippen MR) is 56.3 cm³/mol. The standard InChI is InChI=1S/C10H12BrNO2/c1-6(7-4-12-5-7)9(13)10-8(11)2-3-14-10/h2-3,6-7,12H,4-5H2,1H3. The largest absolute Gasteiger partial charge is 0.460 e. The molecule has 0 radical (unpaired) electrons. The van der Waals surface area contributed by atoms with Crippen molar-refractivity contribution in [1.29, 1.82) is 0 Å². The van der Waals surface area contributed by atoms with Crippen LogP contribution >= 0.6 is 15.9 Å². The molecule has 76 valence electrons. The maximum absolute atomic E-state index is 11.9. The van der Waals surface area contributed by atoms with E-state index in [9.17, 15) is 4.79 Å². The van der Waals surface area contributed by atoms with Gasteiger partial charge < -0.3 is 9.73 Å². The van der Waals surface area contributed by atoms with Crippen LogP contribution in [-0.4, -0.2) is 18.9 Å². The Labute approximate surface area is 91.0 Å². The van der Waals surface area contributed by atoms with Gasteiger partial charge in [-0.3, -0.25) is 4.79 Å². The summed E-state index contributed by atoms with van der Waals surface area (Å²) >= 11 is 3.29. The molecule has 1 unspecified atom stereocenters. The lowest BCUT2D eigenvalue weighted by Crippen LogP contribution is -2.47. The van der Waals surface area contributed by atoms with Crippen molar-refractivity contribution in [2.24, 2.45) is 11.8 Å². The second-order valence-electron chi connectivity index (χ2n) is 3.67. The lowest BCUT2D eigenvalue weighted by Gasteiger charge is -2.31. The minimum absolute atomic E-state index is 0.0405. The summed E-state index contributed by atoms with van der Waals surface area (Å²) in [5.41, 5.74) is 0. The number of halogens is 1. The second kappa shape index (κ2) is 3.87. The maximum Gasteiger partial charge on any atom is 0.202 e. The highest BCUT2D eigenvalue weighted by Crippen LogP contribution is 2.25. The van der Waals surface area contributed by atoms with Crippen molar-refractivity contribution in [2.75, 3.05) is 13.1 Å². The molecule has 0 aromatic carbocycles. The lowest BCUT2D eigenvalue weighted by molar-refractivity contribution is 0.0823. The van der Waals surface area contributed by atoms with Gasteiger partial charge in [-0.05, 0) is 41.0 Å². The van der Waals surface area contributed by atoms with E-state index >= 15 is 0 Å². The second-order valence-corrected chi connectivity index (χ2v) is 4.52. The van der Waals surface area contributed by atoms with Crippen LogP contribution in [0.25, 0.3) is 0 Å². The van der Waals surface area contributed by atoms with Crippen molar-refractivity contribution in [1.82, 2.24) is 5.32 Å². The zero-order valence-electron chi connectivity index (χ0n) is 7.92. The van der Waals surface area contributed by atoms with Crippen molar-refractivity contribution in [3.63, 3.8) is 0 Å². The molecule has 0 aliphatic carbocycles. The molecular weight excluding hydrogens is 246 g/mol. The Morgan fingerprint density at radius 2 is 2.43 bits per heavy atom. The molecule has 2 rings (SSSR count). The lowest BCUT2D eigenvalue weighted by atomic mass is 9.85. The third-order valence-corrected chi connectivity index (χ3v) is 3.40. The fourth-order valence-corrected chi connectivity index (χ4v) is 1.95. The molecule has 1 aromatic rings. The van der Waals surface area contributed by atoms with Crippen LogP contribution in [0.5, 0.6) is 0 Å². The van der Waals surface area contributed by atoms with Crippen molar-refractivity contribution in [3.05, 3.63) is 22.6 Å². The van der Waals surface area contributed by atoms with Gasteiger partial charge in [-0.2, -0.15) is 0 Å². The first-order valence-electron chi connectivity index (χ1n) is 4.68. The maximum atomic E-state index is 11.9. The average Bonchev–Trinajstić information content (AvgIpc) is 2.47. The molecule has 3 nitrogen and oxygen atoms in total. The van der Waals surface area contributed by atoms with Crippen molar-refractivity contribution < 1.29 is 9.21 Å². The Kier molecular flexibility index (Phi) is 2.74. The number of hydrogen-bond donors (Lipinski definition) is 1. The first-order valence-corrected chi connectivity index (χ1v) is 5.47. The van der Waals surface area contributed by atoms with E-state index in [-0.39, 0.29) is 11.7 Å². The first kappa shape index (κ1) is 9.93. The molecule has 0 bridgehead atoms. The van der Waals surface area contributed by atoms with E-state index in [4.69, 9.17) is 4.42 Å². The summed E-state index contributed by atoms with van der Waals surface area (Å²) in [6.07, 6.45) is 1.53. The van der Waals surface area contributed by atoms with E-state index in [0.29, 0.717) is 11.7 Å². The van der Waals surface area contributed by atoms with Crippen LogP contribution in [0, 0.1) is 11.8 Å². The molecule has 1 fully saturated rings. The monoisotopic (exact) mass is 257 g/mol. The third kappa shape index (κ3) is 1.64. The van der Waals surface area contributed by atoms with Gasteiger partial charge in [0.2, 0.25) is 5.78 Å². The molecule has 1 saturated heterocycles. The van der Waals surface area contributed by atoms with E-state index in [0.717, 1.165) is 17.6 Å². The Bertz CT molecular complexity index is 344. The van der Waals surface area contributed by atoms with Crippen LogP contribution in [0.4, 0.5) is 0 Å². The molecule has 1 aliphatic heterocycles. The number of carbonyl (C=O) groups is 1. The molecule has 1 N–H and O–H groups in total. The van der Waals surface area contributed by atoms with Gasteiger partial charge in [0, 0.05) is 5.92 Å². The van der Waals surface area contributed by atoms with Gasteiger partial charge >= 0.3 is 0 Å². The summed E-state index contributed by atoms with van der Waals surface area (Å²) < 4.78 is 5.90. The highest BCUT2D eigenvalue weighted by molar-refractivity contribution is 9.10. The highest BCUT2D eigenvalue weighted by Gasteiger charge is 2.31. The summed E-state index contributed by atoms with van der Waals surface area (Å²) in [7, 11) is 0. The summed E-state index contributed by atoms with van der Waals surface area (Å²) in [5.74, 6) is 1.04. The van der Waals surface area contributed by atoms with Crippen LogP contribution in [-0.2, 0) is 0 Å². The van der Waals surface area contributed by atoms with Gasteiger partial charge in [0.05, 0.1) is 10.7 Å². The molecule has 0 spiro atoms. The number of furan rings is 1. The van der Waals surface area contributed by atoms with Crippen LogP contribution in [0.3, 0.4) is 0 Å². The van der Waals surface area contributed by atoms with Gasteiger partial charge in [0.1, 0.15) is 0 Å². The Morgan fingerprint density at radius 1 is 1.71 bits per heavy atom. The SMILES string of the molecule is CC(C(=O)c1occc1Br)C1CNC1. The molecule has 14 heavy (non-hydrogen) atoms. The highest BCUT2D eigenvalue weighted by atomic mass is 79.9. The quantitative estimate of drug-likeness (QED) is 0.844. The van der Waals surface area contributed by atoms with Crippen molar-refractivity contribution >= 4 is 21.7 Å². The Balaban J connectivity index is 2.11. The molecule has 2 heterocycles. The average molecular weight is 258 g/mol. The zero-order valence-corrected chi connectivity index (χ0v) is 9.50. The van der Waals surface area contributed by atoms with Gasteiger partial charge in [-0.25, -0.2) is 0 Å². The number of carbonyl (C=O) groups excluding carboxylic acids is 1. The van der Waals surface area contributed by atoms with E-state index in [1.165, 1.54) is 6.26 Å². The molecule has 1 aromatic heterocycles. The Hall–Kier alpha value is -0.610. The summed E-state index contributed by atoms with van der Waals surface area (Å²) in [6, 6.07) is 1.75. The molecular formula is C10H12BrNO2. The molecule has 0 saturated carbocycles. The van der Waals surface area contributed by atoms with Crippen LogP contribution in [0.15, 0.2) is 21.2 Å². The van der Waals surface area contributed by atoms with Gasteiger partial charge in [0.25, 0.3) is 0 Å². The zero-order chi connectivity index (χ0) is 10.1. The number of Topliss-reactive ketones (excluding diaryl/α,β-unsaturated/α-hetero) is 1. The summed E-state index contributed by atoms with van der Waals surface area (Å²) in [4.78, 5) is 11.9. The molecule has 1 aliphatic rings.